The summed E-state index contributed by atoms with van der Waals surface area (Å²) in [5.41, 5.74) is 4.55. The zero-order valence-corrected chi connectivity index (χ0v) is 16.0. The van der Waals surface area contributed by atoms with E-state index in [9.17, 15) is 4.39 Å². The zero-order valence-electron chi connectivity index (χ0n) is 16.0. The molecule has 1 aliphatic rings. The molecule has 0 saturated carbocycles. The lowest BCUT2D eigenvalue weighted by Gasteiger charge is -2.27. The molecule has 5 heterocycles. The minimum absolute atomic E-state index is 0.275. The fourth-order valence-corrected chi connectivity index (χ4v) is 3.80. The van der Waals surface area contributed by atoms with Crippen LogP contribution in [0.4, 0.5) is 4.39 Å². The molecule has 0 unspecified atom stereocenters. The van der Waals surface area contributed by atoms with Crippen LogP contribution in [-0.4, -0.2) is 42.5 Å². The Hall–Kier alpha value is -3.65. The maximum atomic E-state index is 14.7. The van der Waals surface area contributed by atoms with Gasteiger partial charge < -0.3 is 5.32 Å². The number of rotatable bonds is 4. The Morgan fingerprint density at radius 3 is 2.90 bits per heavy atom. The first-order chi connectivity index (χ1) is 14.7. The van der Waals surface area contributed by atoms with Gasteiger partial charge in [-0.25, -0.2) is 13.9 Å². The first kappa shape index (κ1) is 17.2. The van der Waals surface area contributed by atoms with Crippen LogP contribution in [-0.2, 0) is 6.42 Å². The van der Waals surface area contributed by atoms with E-state index in [4.69, 9.17) is 5.10 Å². The number of fused-ring (bicyclic) bond motifs is 2. The lowest BCUT2D eigenvalue weighted by Crippen LogP contribution is -2.43. The molecule has 1 fully saturated rings. The van der Waals surface area contributed by atoms with Crippen molar-refractivity contribution >= 4 is 16.6 Å². The van der Waals surface area contributed by atoms with Gasteiger partial charge in [-0.1, -0.05) is 6.07 Å². The summed E-state index contributed by atoms with van der Waals surface area (Å²) in [5.74, 6) is -0.275. The number of pyridine rings is 1. The van der Waals surface area contributed by atoms with Gasteiger partial charge >= 0.3 is 0 Å². The fraction of sp³-hybridized carbons (Fsp3) is 0.182. The average Bonchev–Trinajstić information content (AvgIpc) is 3.34. The van der Waals surface area contributed by atoms with Gasteiger partial charge in [0, 0.05) is 48.9 Å². The standard InChI is InChI=1S/C22H18FN7/c23-19-8-21-14(2-1-5-25-21)6-15(19)7-17-12-26-22-4-3-20(28-30(17)22)16-9-27-29(13-16)18-10-24-11-18/h1-6,8-9,12-13,18,24H,7,10-11H2. The average molecular weight is 399 g/mol. The molecule has 8 heteroatoms. The maximum absolute atomic E-state index is 14.7. The van der Waals surface area contributed by atoms with Crippen LogP contribution in [0.25, 0.3) is 27.8 Å². The second-order valence-electron chi connectivity index (χ2n) is 7.58. The second kappa shape index (κ2) is 6.70. The molecule has 0 spiro atoms. The maximum Gasteiger partial charge on any atom is 0.153 e. The molecule has 1 N–H and O–H groups in total. The summed E-state index contributed by atoms with van der Waals surface area (Å²) >= 11 is 0. The lowest BCUT2D eigenvalue weighted by molar-refractivity contribution is 0.318. The van der Waals surface area contributed by atoms with Crippen molar-refractivity contribution in [3.05, 3.63) is 78.3 Å². The summed E-state index contributed by atoms with van der Waals surface area (Å²) in [6.07, 6.45) is 7.66. The van der Waals surface area contributed by atoms with E-state index in [2.05, 4.69) is 20.4 Å². The molecular formula is C22H18FN7. The van der Waals surface area contributed by atoms with Gasteiger partial charge in [0.15, 0.2) is 5.65 Å². The van der Waals surface area contributed by atoms with Gasteiger partial charge in [-0.2, -0.15) is 10.2 Å². The van der Waals surface area contributed by atoms with Crippen molar-refractivity contribution in [1.82, 2.24) is 34.7 Å². The van der Waals surface area contributed by atoms with Crippen LogP contribution in [0.15, 0.2) is 61.2 Å². The number of hydrogen-bond donors (Lipinski definition) is 1. The Labute approximate surface area is 171 Å². The summed E-state index contributed by atoms with van der Waals surface area (Å²) in [6, 6.07) is 11.4. The monoisotopic (exact) mass is 399 g/mol. The normalized spacial score (nSPS) is 14.4. The van der Waals surface area contributed by atoms with Crippen molar-refractivity contribution in [2.75, 3.05) is 13.1 Å². The Morgan fingerprint density at radius 2 is 2.03 bits per heavy atom. The molecule has 0 bridgehead atoms. The van der Waals surface area contributed by atoms with Gasteiger partial charge in [-0.05, 0) is 29.8 Å². The quantitative estimate of drug-likeness (QED) is 0.503. The minimum atomic E-state index is -0.275. The number of nitrogens with zero attached hydrogens (tertiary/aromatic N) is 6. The van der Waals surface area contributed by atoms with Crippen LogP contribution >= 0.6 is 0 Å². The third-order valence-electron chi connectivity index (χ3n) is 5.61. The van der Waals surface area contributed by atoms with Crippen LogP contribution in [0.2, 0.25) is 0 Å². The largest absolute Gasteiger partial charge is 0.312 e. The number of halogens is 1. The minimum Gasteiger partial charge on any atom is -0.312 e. The summed E-state index contributed by atoms with van der Waals surface area (Å²) in [7, 11) is 0. The number of aromatic nitrogens is 6. The predicted octanol–water partition coefficient (Wildman–Crippen LogP) is 3.02. The highest BCUT2D eigenvalue weighted by molar-refractivity contribution is 5.79. The summed E-state index contributed by atoms with van der Waals surface area (Å²) in [5, 5.41) is 13.4. The molecule has 0 atom stereocenters. The third kappa shape index (κ3) is 2.84. The molecular weight excluding hydrogens is 381 g/mol. The third-order valence-corrected chi connectivity index (χ3v) is 5.61. The van der Waals surface area contributed by atoms with Crippen molar-refractivity contribution in [2.24, 2.45) is 0 Å². The van der Waals surface area contributed by atoms with Crippen molar-refractivity contribution in [3.63, 3.8) is 0 Å². The van der Waals surface area contributed by atoms with Crippen LogP contribution in [0.3, 0.4) is 0 Å². The molecule has 1 aromatic carbocycles. The lowest BCUT2D eigenvalue weighted by atomic mass is 10.1. The molecule has 0 aliphatic carbocycles. The van der Waals surface area contributed by atoms with Gasteiger partial charge in [-0.3, -0.25) is 9.67 Å². The van der Waals surface area contributed by atoms with Gasteiger partial charge in [-0.15, -0.1) is 0 Å². The zero-order chi connectivity index (χ0) is 20.1. The van der Waals surface area contributed by atoms with Crippen molar-refractivity contribution < 1.29 is 4.39 Å². The van der Waals surface area contributed by atoms with Gasteiger partial charge in [0.25, 0.3) is 0 Å². The summed E-state index contributed by atoms with van der Waals surface area (Å²) in [4.78, 5) is 8.65. The van der Waals surface area contributed by atoms with E-state index in [-0.39, 0.29) is 5.82 Å². The fourth-order valence-electron chi connectivity index (χ4n) is 3.80. The van der Waals surface area contributed by atoms with Crippen LogP contribution in [0.1, 0.15) is 17.3 Å². The molecule has 1 aliphatic heterocycles. The Bertz CT molecular complexity index is 1380. The Kier molecular flexibility index (Phi) is 3.85. The molecule has 30 heavy (non-hydrogen) atoms. The van der Waals surface area contributed by atoms with E-state index in [0.29, 0.717) is 23.5 Å². The van der Waals surface area contributed by atoms with Crippen LogP contribution in [0.5, 0.6) is 0 Å². The molecule has 7 nitrogen and oxygen atoms in total. The van der Waals surface area contributed by atoms with Crippen LogP contribution in [0, 0.1) is 5.82 Å². The van der Waals surface area contributed by atoms with E-state index in [1.54, 1.807) is 16.9 Å². The highest BCUT2D eigenvalue weighted by Gasteiger charge is 2.20. The highest BCUT2D eigenvalue weighted by Crippen LogP contribution is 2.23. The molecule has 0 radical (unpaired) electrons. The molecule has 4 aromatic heterocycles. The summed E-state index contributed by atoms with van der Waals surface area (Å²) in [6.45, 7) is 1.87. The molecule has 5 aromatic rings. The molecule has 0 amide bonds. The van der Waals surface area contributed by atoms with Gasteiger partial charge in [0.1, 0.15) is 5.82 Å². The van der Waals surface area contributed by atoms with Crippen molar-refractivity contribution in [3.8, 4) is 11.3 Å². The van der Waals surface area contributed by atoms with E-state index in [1.807, 2.05) is 47.4 Å². The van der Waals surface area contributed by atoms with E-state index >= 15 is 0 Å². The number of nitrogens with one attached hydrogen (secondary N) is 1. The highest BCUT2D eigenvalue weighted by atomic mass is 19.1. The Morgan fingerprint density at radius 1 is 1.10 bits per heavy atom. The second-order valence-corrected chi connectivity index (χ2v) is 7.58. The molecule has 1 saturated heterocycles. The van der Waals surface area contributed by atoms with Crippen LogP contribution < -0.4 is 5.32 Å². The first-order valence-corrected chi connectivity index (χ1v) is 9.87. The predicted molar refractivity (Wildman–Crippen MR) is 111 cm³/mol. The van der Waals surface area contributed by atoms with E-state index < -0.39 is 0 Å². The van der Waals surface area contributed by atoms with E-state index in [1.165, 1.54) is 6.07 Å². The van der Waals surface area contributed by atoms with Gasteiger partial charge in [0.05, 0.1) is 35.3 Å². The number of hydrogen-bond acceptors (Lipinski definition) is 5. The van der Waals surface area contributed by atoms with Crippen molar-refractivity contribution in [2.45, 2.75) is 12.5 Å². The smallest absolute Gasteiger partial charge is 0.153 e. The number of benzene rings is 1. The molecule has 148 valence electrons. The molecule has 6 rings (SSSR count). The van der Waals surface area contributed by atoms with Gasteiger partial charge in [0.2, 0.25) is 0 Å². The van der Waals surface area contributed by atoms with Crippen molar-refractivity contribution in [1.29, 1.82) is 0 Å². The SMILES string of the molecule is Fc1cc2ncccc2cc1Cc1cnc2ccc(-c3cnn(C4CNC4)c3)nn12. The Balaban J connectivity index is 1.37. The van der Waals surface area contributed by atoms with E-state index in [0.717, 1.165) is 41.1 Å². The first-order valence-electron chi connectivity index (χ1n) is 9.87. The number of imidazole rings is 1. The topological polar surface area (TPSA) is 72.9 Å². The summed E-state index contributed by atoms with van der Waals surface area (Å²) < 4.78 is 18.4.